The molecule has 2 aromatic rings. The lowest BCUT2D eigenvalue weighted by Gasteiger charge is -2.14. The first-order valence-electron chi connectivity index (χ1n) is 8.65. The Morgan fingerprint density at radius 1 is 1.04 bits per heavy atom. The van der Waals surface area contributed by atoms with Crippen LogP contribution in [0.2, 0.25) is 0 Å². The van der Waals surface area contributed by atoms with E-state index in [9.17, 15) is 4.79 Å². The summed E-state index contributed by atoms with van der Waals surface area (Å²) in [4.78, 5) is 18.1. The number of thiocarbonyl (C=S) groups is 1. The summed E-state index contributed by atoms with van der Waals surface area (Å²) in [5.74, 6) is -0.00104. The summed E-state index contributed by atoms with van der Waals surface area (Å²) in [6, 6.07) is 16.9. The molecule has 2 aliphatic heterocycles. The summed E-state index contributed by atoms with van der Waals surface area (Å²) < 4.78 is 0.635. The Morgan fingerprint density at radius 3 is 2.52 bits per heavy atom. The molecule has 0 unspecified atom stereocenters. The molecule has 1 saturated heterocycles. The Bertz CT molecular complexity index is 982. The van der Waals surface area contributed by atoms with Gasteiger partial charge in [0.1, 0.15) is 4.32 Å². The highest BCUT2D eigenvalue weighted by molar-refractivity contribution is 8.26. The Labute approximate surface area is 173 Å². The van der Waals surface area contributed by atoms with Crippen LogP contribution in [-0.2, 0) is 4.79 Å². The van der Waals surface area contributed by atoms with E-state index in [1.54, 1.807) is 16.7 Å². The largest absolute Gasteiger partial charge is 0.338 e. The van der Waals surface area contributed by atoms with Crippen molar-refractivity contribution in [1.82, 2.24) is 4.90 Å². The number of benzene rings is 2. The summed E-state index contributed by atoms with van der Waals surface area (Å²) in [6.07, 6.45) is 3.90. The van der Waals surface area contributed by atoms with Gasteiger partial charge in [-0.25, -0.2) is 0 Å². The van der Waals surface area contributed by atoms with Crippen LogP contribution in [0.15, 0.2) is 75.5 Å². The van der Waals surface area contributed by atoms with E-state index in [2.05, 4.69) is 54.4 Å². The van der Waals surface area contributed by atoms with Gasteiger partial charge in [-0.1, -0.05) is 72.1 Å². The molecule has 0 aromatic heterocycles. The number of nitrogens with zero attached hydrogens (tertiary/aromatic N) is 2. The minimum absolute atomic E-state index is 0.00104. The molecule has 0 saturated carbocycles. The average molecular weight is 411 g/mol. The Morgan fingerprint density at radius 2 is 1.81 bits per heavy atom. The van der Waals surface area contributed by atoms with Gasteiger partial charge < -0.3 is 4.90 Å². The monoisotopic (exact) mass is 410 g/mol. The fraction of sp³-hybridized carbons (Fsp3) is 0.143. The third-order valence-electron chi connectivity index (χ3n) is 4.54. The zero-order valence-corrected chi connectivity index (χ0v) is 17.5. The highest BCUT2D eigenvalue weighted by Gasteiger charge is 2.30. The van der Waals surface area contributed by atoms with Gasteiger partial charge >= 0.3 is 0 Å². The molecule has 2 aromatic carbocycles. The lowest BCUT2D eigenvalue weighted by Crippen LogP contribution is -2.27. The molecule has 2 aliphatic rings. The number of fused-ring (bicyclic) bond motifs is 1. The zero-order valence-electron chi connectivity index (χ0n) is 15.0. The van der Waals surface area contributed by atoms with Crippen molar-refractivity contribution in [2.75, 3.05) is 18.5 Å². The molecule has 0 aliphatic carbocycles. The second-order valence-electron chi connectivity index (χ2n) is 6.16. The van der Waals surface area contributed by atoms with Crippen molar-refractivity contribution in [3.63, 3.8) is 0 Å². The molecular weight excluding hydrogens is 392 g/mol. The van der Waals surface area contributed by atoms with E-state index in [1.165, 1.54) is 33.5 Å². The number of likely N-dealkylation sites (N-methyl/N-ethyl adjacent to an activating group) is 1. The van der Waals surface area contributed by atoms with Crippen molar-refractivity contribution in [3.8, 4) is 11.1 Å². The summed E-state index contributed by atoms with van der Waals surface area (Å²) >= 11 is 8.36. The molecule has 1 fully saturated rings. The SMILES string of the molecule is CCN1C(=O)C(=CC=C2Sc3ccc(-c4ccccc4)cc3N2C)SC1=S. The number of thioether (sulfide) groups is 2. The average Bonchev–Trinajstić information content (AvgIpc) is 3.15. The van der Waals surface area contributed by atoms with Crippen molar-refractivity contribution >= 4 is 51.7 Å². The highest BCUT2D eigenvalue weighted by Crippen LogP contribution is 2.46. The molecular formula is C21H18N2OS3. The molecule has 6 heteroatoms. The number of allylic oxidation sites excluding steroid dienone is 2. The lowest BCUT2D eigenvalue weighted by molar-refractivity contribution is -0.122. The van der Waals surface area contributed by atoms with Gasteiger partial charge in [-0.2, -0.15) is 0 Å². The van der Waals surface area contributed by atoms with E-state index in [0.717, 1.165) is 5.03 Å². The maximum absolute atomic E-state index is 12.4. The van der Waals surface area contributed by atoms with Crippen molar-refractivity contribution in [3.05, 3.63) is 70.6 Å². The number of amides is 1. The van der Waals surface area contributed by atoms with Gasteiger partial charge in [-0.05, 0) is 42.3 Å². The number of anilines is 1. The first-order chi connectivity index (χ1) is 13.1. The van der Waals surface area contributed by atoms with Crippen molar-refractivity contribution < 1.29 is 4.79 Å². The maximum atomic E-state index is 12.4. The van der Waals surface area contributed by atoms with Gasteiger partial charge in [0.15, 0.2) is 0 Å². The third kappa shape index (κ3) is 3.45. The quantitative estimate of drug-likeness (QED) is 0.491. The van der Waals surface area contributed by atoms with Gasteiger partial charge in [0.25, 0.3) is 5.91 Å². The summed E-state index contributed by atoms with van der Waals surface area (Å²) in [6.45, 7) is 2.55. The van der Waals surface area contributed by atoms with Crippen molar-refractivity contribution in [2.45, 2.75) is 11.8 Å². The molecule has 0 radical (unpaired) electrons. The molecule has 0 N–H and O–H groups in total. The zero-order chi connectivity index (χ0) is 19.0. The standard InChI is InChI=1S/C21H18N2OS3/c1-3-23-20(24)18(27-21(23)25)11-12-19-22(2)16-13-15(9-10-17(16)26-19)14-7-5-4-6-8-14/h4-13H,3H2,1-2H3. The molecule has 4 rings (SSSR count). The van der Waals surface area contributed by atoms with E-state index in [4.69, 9.17) is 12.2 Å². The molecule has 136 valence electrons. The van der Waals surface area contributed by atoms with Crippen LogP contribution in [0.3, 0.4) is 0 Å². The minimum Gasteiger partial charge on any atom is -0.338 e. The molecule has 3 nitrogen and oxygen atoms in total. The third-order valence-corrected chi connectivity index (χ3v) is 7.12. The summed E-state index contributed by atoms with van der Waals surface area (Å²) in [5, 5.41) is 1.09. The molecule has 2 heterocycles. The van der Waals surface area contributed by atoms with Gasteiger partial charge in [0.05, 0.1) is 15.6 Å². The number of hydrogen-bond donors (Lipinski definition) is 0. The van der Waals surface area contributed by atoms with Crippen LogP contribution in [0.5, 0.6) is 0 Å². The van der Waals surface area contributed by atoms with Crippen LogP contribution in [-0.4, -0.2) is 28.7 Å². The number of carbonyl (C=O) groups is 1. The molecule has 27 heavy (non-hydrogen) atoms. The van der Waals surface area contributed by atoms with E-state index >= 15 is 0 Å². The normalized spacial score (nSPS) is 19.5. The smallest absolute Gasteiger partial charge is 0.266 e. The predicted molar refractivity (Wildman–Crippen MR) is 120 cm³/mol. The second kappa shape index (κ2) is 7.54. The van der Waals surface area contributed by atoms with E-state index in [1.807, 2.05) is 25.1 Å². The van der Waals surface area contributed by atoms with Gasteiger partial charge in [-0.15, -0.1) is 0 Å². The predicted octanol–water partition coefficient (Wildman–Crippen LogP) is 5.50. The first kappa shape index (κ1) is 18.3. The number of rotatable bonds is 3. The fourth-order valence-corrected chi connectivity index (χ4v) is 5.41. The van der Waals surface area contributed by atoms with E-state index in [-0.39, 0.29) is 5.91 Å². The van der Waals surface area contributed by atoms with Crippen molar-refractivity contribution in [2.24, 2.45) is 0 Å². The van der Waals surface area contributed by atoms with Crippen LogP contribution in [0.1, 0.15) is 6.92 Å². The van der Waals surface area contributed by atoms with Crippen molar-refractivity contribution in [1.29, 1.82) is 0 Å². The first-order valence-corrected chi connectivity index (χ1v) is 10.7. The number of hydrogen-bond acceptors (Lipinski definition) is 5. The lowest BCUT2D eigenvalue weighted by atomic mass is 10.1. The molecule has 0 spiro atoms. The Kier molecular flexibility index (Phi) is 5.12. The Balaban J connectivity index is 1.60. The topological polar surface area (TPSA) is 23.6 Å². The molecule has 1 amide bonds. The van der Waals surface area contributed by atoms with Crippen LogP contribution < -0.4 is 4.90 Å². The second-order valence-corrected chi connectivity index (χ2v) is 8.90. The van der Waals surface area contributed by atoms with Gasteiger partial charge in [0, 0.05) is 18.5 Å². The van der Waals surface area contributed by atoms with E-state index < -0.39 is 0 Å². The van der Waals surface area contributed by atoms with Crippen LogP contribution in [0.25, 0.3) is 11.1 Å². The maximum Gasteiger partial charge on any atom is 0.266 e. The molecule has 0 atom stereocenters. The van der Waals surface area contributed by atoms with Crippen LogP contribution >= 0.6 is 35.7 Å². The van der Waals surface area contributed by atoms with Crippen LogP contribution in [0.4, 0.5) is 5.69 Å². The van der Waals surface area contributed by atoms with E-state index in [0.29, 0.717) is 15.8 Å². The summed E-state index contributed by atoms with van der Waals surface area (Å²) in [7, 11) is 2.06. The van der Waals surface area contributed by atoms with Gasteiger partial charge in [-0.3, -0.25) is 9.69 Å². The van der Waals surface area contributed by atoms with Gasteiger partial charge in [0.2, 0.25) is 0 Å². The summed E-state index contributed by atoms with van der Waals surface area (Å²) in [5.41, 5.74) is 3.59. The van der Waals surface area contributed by atoms with Crippen LogP contribution in [0, 0.1) is 0 Å². The number of carbonyl (C=O) groups excluding carboxylic acids is 1. The fourth-order valence-electron chi connectivity index (χ4n) is 3.06. The Hall–Kier alpha value is -2.02. The molecule has 0 bridgehead atoms. The minimum atomic E-state index is -0.00104. The highest BCUT2D eigenvalue weighted by atomic mass is 32.2.